The van der Waals surface area contributed by atoms with E-state index in [1.54, 1.807) is 13.2 Å². The molecule has 0 spiro atoms. The van der Waals surface area contributed by atoms with Gasteiger partial charge in [0.2, 0.25) is 0 Å². The third kappa shape index (κ3) is 3.23. The molecule has 1 aromatic heterocycles. The number of benzene rings is 2. The molecule has 0 bridgehead atoms. The van der Waals surface area contributed by atoms with Crippen molar-refractivity contribution in [2.45, 2.75) is 6.54 Å². The van der Waals surface area contributed by atoms with Gasteiger partial charge in [-0.2, -0.15) is 5.10 Å². The third-order valence-electron chi connectivity index (χ3n) is 3.56. The molecule has 0 radical (unpaired) electrons. The first-order chi connectivity index (χ1) is 11.2. The number of ether oxygens (including phenoxy) is 1. The van der Waals surface area contributed by atoms with E-state index in [-0.39, 0.29) is 5.69 Å². The summed E-state index contributed by atoms with van der Waals surface area (Å²) in [5.74, 6) is -0.231. The lowest BCUT2D eigenvalue weighted by Crippen LogP contribution is -2.10. The van der Waals surface area contributed by atoms with Crippen molar-refractivity contribution < 1.29 is 14.6 Å². The predicted molar refractivity (Wildman–Crippen MR) is 86.7 cm³/mol. The van der Waals surface area contributed by atoms with Crippen molar-refractivity contribution >= 4 is 5.97 Å². The van der Waals surface area contributed by atoms with Crippen LogP contribution in [0, 0.1) is 0 Å². The Kier molecular flexibility index (Phi) is 4.10. The molecule has 116 valence electrons. The Morgan fingerprint density at radius 3 is 2.43 bits per heavy atom. The summed E-state index contributed by atoms with van der Waals surface area (Å²) >= 11 is 0. The lowest BCUT2D eigenvalue weighted by atomic mass is 10.1. The lowest BCUT2D eigenvalue weighted by Gasteiger charge is -2.06. The molecule has 23 heavy (non-hydrogen) atoms. The third-order valence-corrected chi connectivity index (χ3v) is 3.56. The Balaban J connectivity index is 1.94. The zero-order valence-corrected chi connectivity index (χ0v) is 12.6. The molecule has 3 aromatic rings. The largest absolute Gasteiger partial charge is 0.497 e. The Morgan fingerprint density at radius 2 is 1.83 bits per heavy atom. The van der Waals surface area contributed by atoms with Crippen LogP contribution in [0.25, 0.3) is 11.3 Å². The summed E-state index contributed by atoms with van der Waals surface area (Å²) in [5.41, 5.74) is 2.66. The Bertz CT molecular complexity index is 808. The van der Waals surface area contributed by atoms with Gasteiger partial charge in [-0.15, -0.1) is 0 Å². The van der Waals surface area contributed by atoms with Crippen molar-refractivity contribution in [3.63, 3.8) is 0 Å². The highest BCUT2D eigenvalue weighted by Gasteiger charge is 2.15. The number of rotatable bonds is 5. The molecule has 2 aromatic carbocycles. The summed E-state index contributed by atoms with van der Waals surface area (Å²) in [4.78, 5) is 11.5. The number of aromatic carboxylic acids is 1. The molecule has 0 aliphatic carbocycles. The number of carbonyl (C=O) groups is 1. The van der Waals surface area contributed by atoms with Gasteiger partial charge in [-0.3, -0.25) is 4.68 Å². The van der Waals surface area contributed by atoms with Crippen LogP contribution in [0.3, 0.4) is 0 Å². The van der Waals surface area contributed by atoms with Crippen LogP contribution in [0.1, 0.15) is 16.1 Å². The molecule has 1 heterocycles. The maximum absolute atomic E-state index is 11.5. The molecule has 5 nitrogen and oxygen atoms in total. The first kappa shape index (κ1) is 14.8. The van der Waals surface area contributed by atoms with E-state index in [2.05, 4.69) is 5.10 Å². The molecular formula is C18H16N2O3. The summed E-state index contributed by atoms with van der Waals surface area (Å²) in [7, 11) is 1.61. The molecule has 5 heteroatoms. The highest BCUT2D eigenvalue weighted by Crippen LogP contribution is 2.20. The van der Waals surface area contributed by atoms with Crippen LogP contribution in [-0.2, 0) is 6.54 Å². The highest BCUT2D eigenvalue weighted by molar-refractivity contribution is 5.87. The Morgan fingerprint density at radius 1 is 1.13 bits per heavy atom. The van der Waals surface area contributed by atoms with Crippen molar-refractivity contribution in [2.24, 2.45) is 0 Å². The van der Waals surface area contributed by atoms with Gasteiger partial charge in [0.05, 0.1) is 19.3 Å². The molecule has 0 saturated heterocycles. The fraction of sp³-hybridized carbons (Fsp3) is 0.111. The highest BCUT2D eigenvalue weighted by atomic mass is 16.5. The van der Waals surface area contributed by atoms with E-state index in [9.17, 15) is 9.90 Å². The fourth-order valence-electron chi connectivity index (χ4n) is 2.36. The van der Waals surface area contributed by atoms with Crippen molar-refractivity contribution in [1.29, 1.82) is 0 Å². The van der Waals surface area contributed by atoms with Gasteiger partial charge in [0.25, 0.3) is 0 Å². The molecule has 3 rings (SSSR count). The fourth-order valence-corrected chi connectivity index (χ4v) is 2.36. The number of hydrogen-bond donors (Lipinski definition) is 1. The van der Waals surface area contributed by atoms with Crippen molar-refractivity contribution in [2.75, 3.05) is 7.11 Å². The number of aromatic nitrogens is 2. The molecule has 0 aliphatic rings. The number of nitrogens with zero attached hydrogens (tertiary/aromatic N) is 2. The van der Waals surface area contributed by atoms with Crippen LogP contribution in [0.2, 0.25) is 0 Å². The maximum Gasteiger partial charge on any atom is 0.354 e. The quantitative estimate of drug-likeness (QED) is 0.785. The molecule has 0 fully saturated rings. The van der Waals surface area contributed by atoms with E-state index in [1.165, 1.54) is 4.68 Å². The molecular weight excluding hydrogens is 292 g/mol. The summed E-state index contributed by atoms with van der Waals surface area (Å²) in [6.07, 6.45) is 0. The number of carboxylic acids is 1. The lowest BCUT2D eigenvalue weighted by molar-refractivity contribution is 0.0684. The first-order valence-corrected chi connectivity index (χ1v) is 7.17. The summed E-state index contributed by atoms with van der Waals surface area (Å²) in [6.45, 7) is 0.387. The topological polar surface area (TPSA) is 64.4 Å². The SMILES string of the molecule is COc1ccc(Cn2nc(-c3ccccc3)cc2C(=O)O)cc1. The molecule has 1 N–H and O–H groups in total. The van der Waals surface area contributed by atoms with Gasteiger partial charge < -0.3 is 9.84 Å². The minimum atomic E-state index is -0.992. The molecule has 0 unspecified atom stereocenters. The maximum atomic E-state index is 11.5. The van der Waals surface area contributed by atoms with Gasteiger partial charge in [0.15, 0.2) is 0 Å². The van der Waals surface area contributed by atoms with Crippen LogP contribution >= 0.6 is 0 Å². The average molecular weight is 308 g/mol. The standard InChI is InChI=1S/C18H16N2O3/c1-23-15-9-7-13(8-10-15)12-20-17(18(21)22)11-16(19-20)14-5-3-2-4-6-14/h2-11H,12H2,1H3,(H,21,22). The van der Waals surface area contributed by atoms with E-state index in [0.29, 0.717) is 12.2 Å². The molecule has 0 atom stereocenters. The van der Waals surface area contributed by atoms with Gasteiger partial charge in [-0.25, -0.2) is 4.79 Å². The van der Waals surface area contributed by atoms with Crippen molar-refractivity contribution in [3.8, 4) is 17.0 Å². The average Bonchev–Trinajstić information content (AvgIpc) is 3.00. The van der Waals surface area contributed by atoms with E-state index >= 15 is 0 Å². The van der Waals surface area contributed by atoms with Crippen LogP contribution in [-0.4, -0.2) is 28.0 Å². The van der Waals surface area contributed by atoms with Crippen LogP contribution in [0.4, 0.5) is 0 Å². The predicted octanol–water partition coefficient (Wildman–Crippen LogP) is 3.31. The Labute approximate surface area is 133 Å². The molecule has 0 amide bonds. The normalized spacial score (nSPS) is 10.5. The monoisotopic (exact) mass is 308 g/mol. The smallest absolute Gasteiger partial charge is 0.354 e. The van der Waals surface area contributed by atoms with Crippen molar-refractivity contribution in [3.05, 3.63) is 71.9 Å². The summed E-state index contributed by atoms with van der Waals surface area (Å²) in [5, 5.41) is 13.8. The van der Waals surface area contributed by atoms with Gasteiger partial charge in [0.1, 0.15) is 11.4 Å². The number of hydrogen-bond acceptors (Lipinski definition) is 3. The van der Waals surface area contributed by atoms with Crippen LogP contribution < -0.4 is 4.74 Å². The van der Waals surface area contributed by atoms with E-state index in [4.69, 9.17) is 4.74 Å². The van der Waals surface area contributed by atoms with E-state index in [0.717, 1.165) is 16.9 Å². The van der Waals surface area contributed by atoms with Crippen molar-refractivity contribution in [1.82, 2.24) is 9.78 Å². The van der Waals surface area contributed by atoms with E-state index < -0.39 is 5.97 Å². The summed E-state index contributed by atoms with van der Waals surface area (Å²) < 4.78 is 6.63. The minimum Gasteiger partial charge on any atom is -0.497 e. The van der Waals surface area contributed by atoms with Gasteiger partial charge in [-0.1, -0.05) is 42.5 Å². The molecule has 0 saturated carbocycles. The zero-order chi connectivity index (χ0) is 16.2. The van der Waals surface area contributed by atoms with Crippen LogP contribution in [0.5, 0.6) is 5.75 Å². The Hall–Kier alpha value is -3.08. The second-order valence-corrected chi connectivity index (χ2v) is 5.09. The second kappa shape index (κ2) is 6.36. The van der Waals surface area contributed by atoms with Gasteiger partial charge in [-0.05, 0) is 23.8 Å². The van der Waals surface area contributed by atoms with Gasteiger partial charge in [0, 0.05) is 5.56 Å². The summed E-state index contributed by atoms with van der Waals surface area (Å²) in [6, 6.07) is 18.6. The minimum absolute atomic E-state index is 0.166. The van der Waals surface area contributed by atoms with Gasteiger partial charge >= 0.3 is 5.97 Å². The second-order valence-electron chi connectivity index (χ2n) is 5.09. The van der Waals surface area contributed by atoms with Crippen LogP contribution in [0.15, 0.2) is 60.7 Å². The zero-order valence-electron chi connectivity index (χ0n) is 12.6. The number of carboxylic acid groups (broad SMARTS) is 1. The number of methoxy groups -OCH3 is 1. The van der Waals surface area contributed by atoms with E-state index in [1.807, 2.05) is 54.6 Å². The molecule has 0 aliphatic heterocycles. The first-order valence-electron chi connectivity index (χ1n) is 7.17.